The molecular formula is C15H16IN3O4. The normalized spacial score (nSPS) is 19.9. The SMILES string of the molecule is CC1(COCc2cccc(I)c2)CCn2cc([N+](=O)[O-])nc2O1. The molecule has 1 aliphatic rings. The van der Waals surface area contributed by atoms with Gasteiger partial charge in [-0.25, -0.2) is 0 Å². The van der Waals surface area contributed by atoms with E-state index in [0.29, 0.717) is 26.2 Å². The molecule has 3 rings (SSSR count). The van der Waals surface area contributed by atoms with Crippen LogP contribution in [0.3, 0.4) is 0 Å². The lowest BCUT2D eigenvalue weighted by Crippen LogP contribution is -2.42. The van der Waals surface area contributed by atoms with Crippen molar-refractivity contribution in [3.63, 3.8) is 0 Å². The first-order chi connectivity index (χ1) is 11.0. The summed E-state index contributed by atoms with van der Waals surface area (Å²) in [5.74, 6) is -0.191. The summed E-state index contributed by atoms with van der Waals surface area (Å²) in [6.07, 6.45) is 2.11. The molecule has 2 heterocycles. The van der Waals surface area contributed by atoms with Crippen molar-refractivity contribution in [2.24, 2.45) is 0 Å². The van der Waals surface area contributed by atoms with Crippen molar-refractivity contribution in [2.75, 3.05) is 6.61 Å². The molecule has 0 spiro atoms. The second-order valence-corrected chi connectivity index (χ2v) is 7.00. The van der Waals surface area contributed by atoms with Crippen molar-refractivity contribution in [1.82, 2.24) is 9.55 Å². The number of hydrogen-bond acceptors (Lipinski definition) is 5. The molecule has 0 aliphatic carbocycles. The van der Waals surface area contributed by atoms with E-state index >= 15 is 0 Å². The average molecular weight is 429 g/mol. The molecule has 1 unspecified atom stereocenters. The van der Waals surface area contributed by atoms with Crippen LogP contribution in [-0.2, 0) is 17.9 Å². The van der Waals surface area contributed by atoms with Crippen LogP contribution in [0.5, 0.6) is 6.01 Å². The zero-order chi connectivity index (χ0) is 16.4. The monoisotopic (exact) mass is 429 g/mol. The van der Waals surface area contributed by atoms with Gasteiger partial charge in [-0.1, -0.05) is 12.1 Å². The Balaban J connectivity index is 1.60. The number of aryl methyl sites for hydroxylation is 1. The van der Waals surface area contributed by atoms with Crippen LogP contribution in [0.1, 0.15) is 18.9 Å². The quantitative estimate of drug-likeness (QED) is 0.415. The Morgan fingerprint density at radius 2 is 2.39 bits per heavy atom. The van der Waals surface area contributed by atoms with Crippen LogP contribution in [0.15, 0.2) is 30.5 Å². The number of ether oxygens (including phenoxy) is 2. The van der Waals surface area contributed by atoms with E-state index in [-0.39, 0.29) is 11.8 Å². The van der Waals surface area contributed by atoms with Crippen molar-refractivity contribution in [1.29, 1.82) is 0 Å². The van der Waals surface area contributed by atoms with Crippen molar-refractivity contribution in [3.05, 3.63) is 49.7 Å². The second kappa shape index (κ2) is 6.44. The highest BCUT2D eigenvalue weighted by molar-refractivity contribution is 14.1. The van der Waals surface area contributed by atoms with Gasteiger partial charge < -0.3 is 19.6 Å². The summed E-state index contributed by atoms with van der Waals surface area (Å²) >= 11 is 2.26. The molecule has 23 heavy (non-hydrogen) atoms. The maximum absolute atomic E-state index is 10.8. The Hall–Kier alpha value is -1.68. The van der Waals surface area contributed by atoms with Gasteiger partial charge in [0.15, 0.2) is 0 Å². The number of fused-ring (bicyclic) bond motifs is 1. The fraction of sp³-hybridized carbons (Fsp3) is 0.400. The molecule has 8 heteroatoms. The number of aromatic nitrogens is 2. The topological polar surface area (TPSA) is 79.4 Å². The summed E-state index contributed by atoms with van der Waals surface area (Å²) in [6.45, 7) is 3.47. The largest absolute Gasteiger partial charge is 0.437 e. The van der Waals surface area contributed by atoms with Gasteiger partial charge in [-0.15, -0.1) is 0 Å². The maximum Gasteiger partial charge on any atom is 0.414 e. The maximum atomic E-state index is 10.8. The summed E-state index contributed by atoms with van der Waals surface area (Å²) < 4.78 is 14.5. The number of imidazole rings is 1. The molecule has 122 valence electrons. The number of nitrogens with zero attached hydrogens (tertiary/aromatic N) is 3. The van der Waals surface area contributed by atoms with E-state index in [1.165, 1.54) is 6.20 Å². The third-order valence-electron chi connectivity index (χ3n) is 3.70. The molecule has 0 fully saturated rings. The molecule has 0 bridgehead atoms. The third-order valence-corrected chi connectivity index (χ3v) is 4.37. The molecule has 1 atom stereocenters. The highest BCUT2D eigenvalue weighted by atomic mass is 127. The summed E-state index contributed by atoms with van der Waals surface area (Å²) in [7, 11) is 0. The zero-order valence-electron chi connectivity index (χ0n) is 12.6. The van der Waals surface area contributed by atoms with Gasteiger partial charge in [0, 0.05) is 21.5 Å². The molecule has 0 saturated carbocycles. The molecule has 0 saturated heterocycles. The Bertz CT molecular complexity index is 733. The van der Waals surface area contributed by atoms with Crippen LogP contribution in [-0.4, -0.2) is 26.7 Å². The standard InChI is InChI=1S/C15H16IN3O4/c1-15(10-22-9-11-3-2-4-12(16)7-11)5-6-18-8-13(19(20)21)17-14(18)23-15/h2-4,7-8H,5-6,9-10H2,1H3. The molecule has 1 aliphatic heterocycles. The highest BCUT2D eigenvalue weighted by Gasteiger charge is 2.36. The van der Waals surface area contributed by atoms with E-state index in [9.17, 15) is 10.1 Å². The van der Waals surface area contributed by atoms with Gasteiger partial charge >= 0.3 is 11.8 Å². The van der Waals surface area contributed by atoms with Gasteiger partial charge in [-0.3, -0.25) is 4.57 Å². The molecule has 0 N–H and O–H groups in total. The minimum Gasteiger partial charge on any atom is -0.437 e. The summed E-state index contributed by atoms with van der Waals surface area (Å²) in [6, 6.07) is 8.39. The van der Waals surface area contributed by atoms with Gasteiger partial charge in [-0.05, 0) is 52.1 Å². The first kappa shape index (κ1) is 16.2. The van der Waals surface area contributed by atoms with Crippen LogP contribution < -0.4 is 4.74 Å². The summed E-state index contributed by atoms with van der Waals surface area (Å²) in [5.41, 5.74) is 0.574. The molecular weight excluding hydrogens is 413 g/mol. The first-order valence-corrected chi connectivity index (χ1v) is 8.26. The minimum atomic E-state index is -0.531. The molecule has 1 aromatic carbocycles. The number of hydrogen-bond donors (Lipinski definition) is 0. The van der Waals surface area contributed by atoms with Gasteiger partial charge in [0.25, 0.3) is 0 Å². The average Bonchev–Trinajstić information content (AvgIpc) is 2.90. The molecule has 1 aromatic heterocycles. The van der Waals surface area contributed by atoms with E-state index in [1.54, 1.807) is 4.57 Å². The number of halogens is 1. The Kier molecular flexibility index (Phi) is 4.53. The van der Waals surface area contributed by atoms with Crippen molar-refractivity contribution in [2.45, 2.75) is 32.1 Å². The van der Waals surface area contributed by atoms with Crippen LogP contribution in [0.25, 0.3) is 0 Å². The van der Waals surface area contributed by atoms with Crippen LogP contribution in [0.4, 0.5) is 5.82 Å². The Morgan fingerprint density at radius 1 is 1.57 bits per heavy atom. The van der Waals surface area contributed by atoms with E-state index in [0.717, 1.165) is 9.13 Å². The highest BCUT2D eigenvalue weighted by Crippen LogP contribution is 2.30. The first-order valence-electron chi connectivity index (χ1n) is 7.18. The fourth-order valence-electron chi connectivity index (χ4n) is 2.46. The molecule has 2 aromatic rings. The minimum absolute atomic E-state index is 0.191. The van der Waals surface area contributed by atoms with Gasteiger partial charge in [-0.2, -0.15) is 0 Å². The summed E-state index contributed by atoms with van der Waals surface area (Å²) in [4.78, 5) is 14.2. The van der Waals surface area contributed by atoms with E-state index < -0.39 is 10.5 Å². The number of nitro groups is 1. The van der Waals surface area contributed by atoms with Gasteiger partial charge in [0.1, 0.15) is 11.8 Å². The van der Waals surface area contributed by atoms with E-state index in [4.69, 9.17) is 9.47 Å². The Labute approximate surface area is 146 Å². The Morgan fingerprint density at radius 3 is 3.13 bits per heavy atom. The van der Waals surface area contributed by atoms with Crippen molar-refractivity contribution in [3.8, 4) is 6.01 Å². The summed E-state index contributed by atoms with van der Waals surface area (Å²) in [5, 5.41) is 10.8. The number of rotatable bonds is 5. The van der Waals surface area contributed by atoms with Crippen molar-refractivity contribution < 1.29 is 14.4 Å². The lowest BCUT2D eigenvalue weighted by molar-refractivity contribution is -0.389. The number of benzene rings is 1. The fourth-order valence-corrected chi connectivity index (χ4v) is 3.06. The predicted octanol–water partition coefficient (Wildman–Crippen LogP) is 3.15. The smallest absolute Gasteiger partial charge is 0.414 e. The van der Waals surface area contributed by atoms with Crippen molar-refractivity contribution >= 4 is 28.4 Å². The van der Waals surface area contributed by atoms with Gasteiger partial charge in [0.2, 0.25) is 0 Å². The molecule has 0 radical (unpaired) electrons. The van der Waals surface area contributed by atoms with Crippen LogP contribution in [0.2, 0.25) is 0 Å². The van der Waals surface area contributed by atoms with E-state index in [1.807, 2.05) is 25.1 Å². The second-order valence-electron chi connectivity index (χ2n) is 5.76. The molecule has 0 amide bonds. The predicted molar refractivity (Wildman–Crippen MR) is 91.3 cm³/mol. The van der Waals surface area contributed by atoms with Crippen LogP contribution >= 0.6 is 22.6 Å². The lowest BCUT2D eigenvalue weighted by Gasteiger charge is -2.32. The van der Waals surface area contributed by atoms with Gasteiger partial charge in [0.05, 0.1) is 13.2 Å². The molecule has 7 nitrogen and oxygen atoms in total. The zero-order valence-corrected chi connectivity index (χ0v) is 14.7. The van der Waals surface area contributed by atoms with E-state index in [2.05, 4.69) is 33.6 Å². The van der Waals surface area contributed by atoms with Crippen LogP contribution in [0, 0.1) is 13.7 Å². The third kappa shape index (κ3) is 3.81. The lowest BCUT2D eigenvalue weighted by atomic mass is 10.0.